The smallest absolute Gasteiger partial charge is 0.313 e. The van der Waals surface area contributed by atoms with Crippen molar-refractivity contribution in [2.24, 2.45) is 5.92 Å². The molecule has 0 aliphatic heterocycles. The van der Waals surface area contributed by atoms with E-state index in [-0.39, 0.29) is 36.5 Å². The Hall–Kier alpha value is -2.63. The summed E-state index contributed by atoms with van der Waals surface area (Å²) in [5, 5.41) is 2.43. The van der Waals surface area contributed by atoms with Crippen LogP contribution in [0.15, 0.2) is 42.5 Å². The molecule has 34 heavy (non-hydrogen) atoms. The van der Waals surface area contributed by atoms with E-state index < -0.39 is 0 Å². The highest BCUT2D eigenvalue weighted by Gasteiger charge is 2.28. The number of carbonyl (C=O) groups is 1. The Morgan fingerprint density at radius 2 is 1.29 bits per heavy atom. The molecule has 182 valence electrons. The van der Waals surface area contributed by atoms with Crippen molar-refractivity contribution < 1.29 is 23.7 Å². The summed E-state index contributed by atoms with van der Waals surface area (Å²) < 4.78 is 24.6. The molecule has 3 aromatic rings. The lowest BCUT2D eigenvalue weighted by molar-refractivity contribution is -0.137. The van der Waals surface area contributed by atoms with Gasteiger partial charge in [0.25, 0.3) is 0 Å². The molecule has 0 aliphatic rings. The molecule has 0 N–H and O–H groups in total. The summed E-state index contributed by atoms with van der Waals surface area (Å²) >= 11 is 12.4. The highest BCUT2D eigenvalue weighted by atomic mass is 35.5. The predicted octanol–water partition coefficient (Wildman–Crippen LogP) is 7.86. The van der Waals surface area contributed by atoms with Gasteiger partial charge in [-0.25, -0.2) is 0 Å². The van der Waals surface area contributed by atoms with Crippen molar-refractivity contribution >= 4 is 39.9 Å². The van der Waals surface area contributed by atoms with Crippen LogP contribution in [-0.2, 0) is 11.4 Å². The molecular weight excluding hydrogens is 475 g/mol. The van der Waals surface area contributed by atoms with E-state index >= 15 is 0 Å². The van der Waals surface area contributed by atoms with Gasteiger partial charge in [0.15, 0.2) is 11.5 Å². The summed E-state index contributed by atoms with van der Waals surface area (Å²) in [4.78, 5) is 12.6. The van der Waals surface area contributed by atoms with Crippen LogP contribution in [0.3, 0.4) is 0 Å². The molecule has 0 fully saturated rings. The molecule has 5 nitrogen and oxygen atoms in total. The summed E-state index contributed by atoms with van der Waals surface area (Å²) in [6.07, 6.45) is -0.405. The van der Waals surface area contributed by atoms with Crippen LogP contribution in [0.2, 0.25) is 10.0 Å². The third-order valence-corrected chi connectivity index (χ3v) is 5.25. The zero-order valence-corrected chi connectivity index (χ0v) is 21.8. The van der Waals surface area contributed by atoms with Gasteiger partial charge < -0.3 is 18.9 Å². The van der Waals surface area contributed by atoms with Crippen LogP contribution in [0.1, 0.15) is 47.1 Å². The number of ether oxygens (including phenoxy) is 4. The highest BCUT2D eigenvalue weighted by molar-refractivity contribution is 6.31. The second-order valence-electron chi connectivity index (χ2n) is 8.83. The van der Waals surface area contributed by atoms with Crippen molar-refractivity contribution in [3.05, 3.63) is 58.1 Å². The van der Waals surface area contributed by atoms with Gasteiger partial charge in [-0.1, -0.05) is 49.2 Å². The molecule has 0 unspecified atom stereocenters. The summed E-state index contributed by atoms with van der Waals surface area (Å²) in [6, 6.07) is 12.7. The van der Waals surface area contributed by atoms with E-state index in [0.717, 1.165) is 5.56 Å². The normalized spacial score (nSPS) is 11.4. The lowest BCUT2D eigenvalue weighted by atomic mass is 10.1. The van der Waals surface area contributed by atoms with Crippen LogP contribution in [0.5, 0.6) is 23.0 Å². The summed E-state index contributed by atoms with van der Waals surface area (Å²) in [5.74, 6) is 0.698. The third kappa shape index (κ3) is 6.28. The van der Waals surface area contributed by atoms with E-state index in [1.54, 1.807) is 26.0 Å². The fourth-order valence-electron chi connectivity index (χ4n) is 3.24. The Morgan fingerprint density at radius 1 is 0.735 bits per heavy atom. The molecule has 0 atom stereocenters. The molecule has 0 aromatic heterocycles. The van der Waals surface area contributed by atoms with Gasteiger partial charge in [0.1, 0.15) is 6.61 Å². The average Bonchev–Trinajstić information content (AvgIpc) is 2.76. The van der Waals surface area contributed by atoms with E-state index in [4.69, 9.17) is 42.1 Å². The zero-order chi connectivity index (χ0) is 25.0. The quantitative estimate of drug-likeness (QED) is 0.219. The van der Waals surface area contributed by atoms with Crippen molar-refractivity contribution in [1.29, 1.82) is 0 Å². The minimum Gasteiger partial charge on any atom is -0.484 e. The maximum atomic E-state index is 12.6. The molecule has 3 aromatic carbocycles. The Labute approximate surface area is 210 Å². The van der Waals surface area contributed by atoms with Crippen LogP contribution in [-0.4, -0.2) is 18.2 Å². The van der Waals surface area contributed by atoms with Gasteiger partial charge in [-0.3, -0.25) is 4.79 Å². The SMILES string of the molecule is CC(C)Oc1c(OC(C)C)c(OC(=O)C(C)C)c2cc(Cl)ccc2c1OCc1ccc(Cl)cc1. The fraction of sp³-hybridized carbons (Fsp3) is 0.370. The molecule has 0 amide bonds. The molecule has 0 spiro atoms. The number of esters is 1. The topological polar surface area (TPSA) is 54.0 Å². The van der Waals surface area contributed by atoms with Crippen molar-refractivity contribution in [3.8, 4) is 23.0 Å². The number of hydrogen-bond acceptors (Lipinski definition) is 5. The monoisotopic (exact) mass is 504 g/mol. The lowest BCUT2D eigenvalue weighted by Gasteiger charge is -2.25. The molecular formula is C27H30Cl2O5. The Balaban J connectivity index is 2.26. The van der Waals surface area contributed by atoms with Gasteiger partial charge in [0.2, 0.25) is 11.5 Å². The van der Waals surface area contributed by atoms with Crippen LogP contribution < -0.4 is 18.9 Å². The number of rotatable bonds is 9. The molecule has 0 radical (unpaired) electrons. The third-order valence-electron chi connectivity index (χ3n) is 4.77. The number of hydrogen-bond donors (Lipinski definition) is 0. The number of benzene rings is 3. The van der Waals surface area contributed by atoms with Gasteiger partial charge >= 0.3 is 5.97 Å². The number of carbonyl (C=O) groups excluding carboxylic acids is 1. The first-order valence-electron chi connectivity index (χ1n) is 11.3. The van der Waals surface area contributed by atoms with Crippen LogP contribution in [0, 0.1) is 5.92 Å². The largest absolute Gasteiger partial charge is 0.484 e. The van der Waals surface area contributed by atoms with Crippen LogP contribution in [0.25, 0.3) is 10.8 Å². The van der Waals surface area contributed by atoms with E-state index in [9.17, 15) is 4.79 Å². The van der Waals surface area contributed by atoms with Crippen molar-refractivity contribution in [2.45, 2.75) is 60.4 Å². The van der Waals surface area contributed by atoms with E-state index in [1.807, 2.05) is 58.0 Å². The molecule has 0 aliphatic carbocycles. The van der Waals surface area contributed by atoms with Crippen molar-refractivity contribution in [2.75, 3.05) is 0 Å². The van der Waals surface area contributed by atoms with E-state index in [1.165, 1.54) is 0 Å². The molecule has 0 heterocycles. The number of fused-ring (bicyclic) bond motifs is 1. The summed E-state index contributed by atoms with van der Waals surface area (Å²) in [7, 11) is 0. The molecule has 7 heteroatoms. The maximum Gasteiger partial charge on any atom is 0.313 e. The molecule has 3 rings (SSSR count). The molecule has 0 bridgehead atoms. The average molecular weight is 505 g/mol. The maximum absolute atomic E-state index is 12.6. The Kier molecular flexibility index (Phi) is 8.56. The van der Waals surface area contributed by atoms with Crippen LogP contribution >= 0.6 is 23.2 Å². The van der Waals surface area contributed by atoms with E-state index in [0.29, 0.717) is 38.1 Å². The Bertz CT molecular complexity index is 1150. The minimum absolute atomic E-state index is 0.189. The Morgan fingerprint density at radius 3 is 1.85 bits per heavy atom. The first kappa shape index (κ1) is 26.0. The van der Waals surface area contributed by atoms with Crippen molar-refractivity contribution in [1.82, 2.24) is 0 Å². The van der Waals surface area contributed by atoms with Gasteiger partial charge in [0, 0.05) is 20.8 Å². The van der Waals surface area contributed by atoms with E-state index in [2.05, 4.69) is 0 Å². The highest BCUT2D eigenvalue weighted by Crippen LogP contribution is 2.53. The molecule has 0 saturated carbocycles. The van der Waals surface area contributed by atoms with Gasteiger partial charge in [0.05, 0.1) is 18.1 Å². The lowest BCUT2D eigenvalue weighted by Crippen LogP contribution is -2.18. The van der Waals surface area contributed by atoms with Gasteiger partial charge in [-0.2, -0.15) is 0 Å². The van der Waals surface area contributed by atoms with Crippen molar-refractivity contribution in [3.63, 3.8) is 0 Å². The van der Waals surface area contributed by atoms with Gasteiger partial charge in [-0.15, -0.1) is 0 Å². The fourth-order valence-corrected chi connectivity index (χ4v) is 3.54. The molecule has 0 saturated heterocycles. The predicted molar refractivity (Wildman–Crippen MR) is 137 cm³/mol. The second-order valence-corrected chi connectivity index (χ2v) is 9.70. The number of halogens is 2. The summed E-state index contributed by atoms with van der Waals surface area (Å²) in [5.41, 5.74) is 0.934. The van der Waals surface area contributed by atoms with Crippen LogP contribution in [0.4, 0.5) is 0 Å². The minimum atomic E-state index is -0.389. The van der Waals surface area contributed by atoms with Gasteiger partial charge in [-0.05, 0) is 63.6 Å². The summed E-state index contributed by atoms with van der Waals surface area (Å²) in [6.45, 7) is 11.4. The zero-order valence-electron chi connectivity index (χ0n) is 20.3. The first-order valence-corrected chi connectivity index (χ1v) is 12.0. The standard InChI is InChI=1S/C27H30Cl2O5/c1-15(2)27(30)34-24-22-13-20(29)11-12-21(22)23(31-14-18-7-9-19(28)10-8-18)25(32-16(3)4)26(24)33-17(5)6/h7-13,15-17H,14H2,1-6H3. The second kappa shape index (κ2) is 11.2. The first-order chi connectivity index (χ1) is 16.1.